The van der Waals surface area contributed by atoms with Crippen LogP contribution in [0.4, 0.5) is 0 Å². The zero-order valence-electron chi connectivity index (χ0n) is 24.3. The molecule has 0 aliphatic heterocycles. The van der Waals surface area contributed by atoms with Crippen LogP contribution < -0.4 is 0 Å². The van der Waals surface area contributed by atoms with Gasteiger partial charge in [0.05, 0.1) is 0 Å². The van der Waals surface area contributed by atoms with E-state index >= 15 is 0 Å². The SMILES string of the molecule is CC(C)(C)c1cccc(O)c1.CCCCC1=[C-]C(CCCC)C(CCCC)=C1CCCC.Cl.Cl.[CH2]=[Ti+]. The predicted molar refractivity (Wildman–Crippen MR) is 164 cm³/mol. The van der Waals surface area contributed by atoms with E-state index in [4.69, 9.17) is 0 Å². The fourth-order valence-electron chi connectivity index (χ4n) is 4.35. The second-order valence-electron chi connectivity index (χ2n) is 10.4. The van der Waals surface area contributed by atoms with Gasteiger partial charge in [-0.1, -0.05) is 137 Å². The number of unbranched alkanes of at least 4 members (excludes halogenated alkanes) is 4. The summed E-state index contributed by atoms with van der Waals surface area (Å²) >= 11 is 1.75. The Balaban J connectivity index is -0.000000617. The summed E-state index contributed by atoms with van der Waals surface area (Å²) in [4.78, 5) is 3.25. The molecule has 0 saturated heterocycles. The van der Waals surface area contributed by atoms with Crippen molar-refractivity contribution in [3.63, 3.8) is 0 Å². The molecule has 4 heteroatoms. The molecule has 1 unspecified atom stereocenters. The Morgan fingerprint density at radius 1 is 0.833 bits per heavy atom. The van der Waals surface area contributed by atoms with E-state index in [0.717, 1.165) is 5.56 Å². The van der Waals surface area contributed by atoms with Crippen LogP contribution in [0.3, 0.4) is 0 Å². The number of phenols is 1. The summed E-state index contributed by atoms with van der Waals surface area (Å²) in [5.74, 6) is 1.01. The minimum atomic E-state index is 0. The zero-order chi connectivity index (χ0) is 26.0. The van der Waals surface area contributed by atoms with Gasteiger partial charge in [0.15, 0.2) is 0 Å². The van der Waals surface area contributed by atoms with E-state index in [2.05, 4.69) is 59.4 Å². The van der Waals surface area contributed by atoms with Gasteiger partial charge >= 0.3 is 24.8 Å². The minimum absolute atomic E-state index is 0. The summed E-state index contributed by atoms with van der Waals surface area (Å²) in [6.45, 7) is 15.6. The van der Waals surface area contributed by atoms with Gasteiger partial charge in [0.1, 0.15) is 5.75 Å². The summed E-state index contributed by atoms with van der Waals surface area (Å²) < 4.78 is 0. The third-order valence-corrected chi connectivity index (χ3v) is 6.44. The Labute approximate surface area is 248 Å². The number of halogens is 2. The molecule has 0 heterocycles. The molecule has 0 fully saturated rings. The molecule has 36 heavy (non-hydrogen) atoms. The first-order chi connectivity index (χ1) is 16.3. The first-order valence-electron chi connectivity index (χ1n) is 13.8. The predicted octanol–water partition coefficient (Wildman–Crippen LogP) is 10.9. The number of hydrogen-bond donors (Lipinski definition) is 1. The first kappa shape index (κ1) is 40.2. The molecule has 0 saturated carbocycles. The summed E-state index contributed by atoms with van der Waals surface area (Å²) in [5.41, 5.74) is 6.42. The van der Waals surface area contributed by atoms with E-state index in [1.54, 1.807) is 48.8 Å². The van der Waals surface area contributed by atoms with Gasteiger partial charge in [-0.2, -0.15) is 11.1 Å². The number of benzene rings is 1. The molecule has 1 aliphatic carbocycles. The van der Waals surface area contributed by atoms with E-state index < -0.39 is 0 Å². The van der Waals surface area contributed by atoms with Crippen LogP contribution in [0.2, 0.25) is 0 Å². The maximum absolute atomic E-state index is 9.18. The van der Waals surface area contributed by atoms with Crippen molar-refractivity contribution < 1.29 is 25.1 Å². The average molecular weight is 575 g/mol. The van der Waals surface area contributed by atoms with Crippen LogP contribution >= 0.6 is 24.8 Å². The Bertz CT molecular complexity index is 734. The molecule has 0 aromatic heterocycles. The van der Waals surface area contributed by atoms with Crippen molar-refractivity contribution in [2.75, 3.05) is 0 Å². The van der Waals surface area contributed by atoms with Crippen molar-refractivity contribution in [2.45, 2.75) is 131 Å². The van der Waals surface area contributed by atoms with Crippen LogP contribution in [-0.2, 0) is 25.4 Å². The third kappa shape index (κ3) is 15.8. The van der Waals surface area contributed by atoms with Crippen molar-refractivity contribution >= 4 is 29.6 Å². The Morgan fingerprint density at radius 2 is 1.36 bits per heavy atom. The van der Waals surface area contributed by atoms with Crippen molar-refractivity contribution in [1.29, 1.82) is 0 Å². The Hall–Kier alpha value is -0.336. The normalized spacial score (nSPS) is 14.5. The number of aromatic hydroxyl groups is 1. The van der Waals surface area contributed by atoms with E-state index in [1.807, 2.05) is 12.1 Å². The molecule has 2 rings (SSSR count). The van der Waals surface area contributed by atoms with Gasteiger partial charge < -0.3 is 5.11 Å². The average Bonchev–Trinajstić information content (AvgIpc) is 3.15. The first-order valence-corrected chi connectivity index (χ1v) is 14.9. The Morgan fingerprint density at radius 3 is 1.83 bits per heavy atom. The van der Waals surface area contributed by atoms with Crippen LogP contribution in [0.15, 0.2) is 41.0 Å². The quantitative estimate of drug-likeness (QED) is 0.195. The van der Waals surface area contributed by atoms with E-state index in [0.29, 0.717) is 11.7 Å². The topological polar surface area (TPSA) is 20.2 Å². The van der Waals surface area contributed by atoms with Gasteiger partial charge in [0.25, 0.3) is 0 Å². The van der Waals surface area contributed by atoms with Gasteiger partial charge in [-0.3, -0.25) is 6.08 Å². The molecule has 1 aromatic rings. The monoisotopic (exact) mass is 573 g/mol. The standard InChI is InChI=1S/C21H37.C10H14O.CH2.2ClH.Ti/c1-5-9-13-18-17-19(14-10-6-2)21(16-12-8-4)20(18)15-11-7-3;1-10(2,3)8-5-4-6-9(11)7-8;;;;/h18H,5-16H2,1-4H3;4-7,11H,1-3H3;1H2;2*1H;/q-1;;;;;+1. The number of phenolic OH excluding ortho intramolecular Hbond substituents is 1. The van der Waals surface area contributed by atoms with Gasteiger partial charge in [0, 0.05) is 0 Å². The van der Waals surface area contributed by atoms with Crippen LogP contribution in [0, 0.1) is 12.0 Å². The zero-order valence-corrected chi connectivity index (χ0v) is 27.5. The number of hydrogen-bond acceptors (Lipinski definition) is 1. The van der Waals surface area contributed by atoms with E-state index in [1.165, 1.54) is 77.0 Å². The van der Waals surface area contributed by atoms with Crippen LogP contribution in [-0.4, -0.2) is 9.92 Å². The van der Waals surface area contributed by atoms with Crippen molar-refractivity contribution in [1.82, 2.24) is 0 Å². The molecule has 0 bridgehead atoms. The third-order valence-electron chi connectivity index (χ3n) is 6.44. The second-order valence-corrected chi connectivity index (χ2v) is 10.4. The van der Waals surface area contributed by atoms with Crippen LogP contribution in [0.1, 0.15) is 131 Å². The van der Waals surface area contributed by atoms with Crippen molar-refractivity contribution in [2.24, 2.45) is 5.92 Å². The van der Waals surface area contributed by atoms with Crippen molar-refractivity contribution in [3.8, 4) is 5.75 Å². The molecule has 1 N–H and O–H groups in total. The molecular formula is C32H55Cl2OTi. The molecule has 0 amide bonds. The van der Waals surface area contributed by atoms with Crippen LogP contribution in [0.5, 0.6) is 5.75 Å². The molecule has 0 radical (unpaired) electrons. The van der Waals surface area contributed by atoms with Gasteiger partial charge in [-0.25, -0.2) is 5.57 Å². The molecule has 1 aromatic carbocycles. The Kier molecular flexibility index (Phi) is 26.5. The van der Waals surface area contributed by atoms with Gasteiger partial charge in [-0.05, 0) is 29.5 Å². The molecule has 1 aliphatic rings. The molecule has 1 atom stereocenters. The molecule has 0 spiro atoms. The summed E-state index contributed by atoms with van der Waals surface area (Å²) in [6, 6.07) is 7.39. The number of rotatable bonds is 12. The van der Waals surface area contributed by atoms with Crippen LogP contribution in [0.25, 0.3) is 0 Å². The van der Waals surface area contributed by atoms with E-state index in [9.17, 15) is 5.11 Å². The maximum atomic E-state index is 9.18. The molecular weight excluding hydrogens is 519 g/mol. The van der Waals surface area contributed by atoms with Gasteiger partial charge in [-0.15, -0.1) is 24.8 Å². The fraction of sp³-hybridized carbons (Fsp3) is 0.656. The summed E-state index contributed by atoms with van der Waals surface area (Å²) in [5, 5.41) is 9.18. The summed E-state index contributed by atoms with van der Waals surface area (Å²) in [7, 11) is 0. The summed E-state index contributed by atoms with van der Waals surface area (Å²) in [6.07, 6.45) is 19.8. The molecule has 207 valence electrons. The second kappa shape index (κ2) is 23.8. The molecule has 1 nitrogen and oxygen atoms in total. The number of allylic oxidation sites excluding steroid dienone is 4. The van der Waals surface area contributed by atoms with E-state index in [-0.39, 0.29) is 30.2 Å². The fourth-order valence-corrected chi connectivity index (χ4v) is 4.35. The van der Waals surface area contributed by atoms with Crippen molar-refractivity contribution in [3.05, 3.63) is 52.6 Å². The van der Waals surface area contributed by atoms with Gasteiger partial charge in [0.2, 0.25) is 0 Å².